The first-order valence-corrected chi connectivity index (χ1v) is 6.84. The topological polar surface area (TPSA) is 34.9 Å². The molecule has 116 valence electrons. The molecule has 0 bridgehead atoms. The molecule has 0 fully saturated rings. The van der Waals surface area contributed by atoms with Gasteiger partial charge in [0.05, 0.1) is 11.3 Å². The van der Waals surface area contributed by atoms with Gasteiger partial charge in [-0.25, -0.2) is 17.9 Å². The minimum atomic E-state index is -1.06. The van der Waals surface area contributed by atoms with Gasteiger partial charge in [0.25, 0.3) is 0 Å². The molecule has 0 saturated heterocycles. The van der Waals surface area contributed by atoms with Crippen LogP contribution in [-0.2, 0) is 0 Å². The number of carbonyl (C=O) groups excluding carboxylic acids is 1. The molecule has 0 saturated carbocycles. The van der Waals surface area contributed by atoms with Crippen LogP contribution in [0.4, 0.5) is 13.2 Å². The third-order valence-electron chi connectivity index (χ3n) is 3.25. The van der Waals surface area contributed by atoms with Crippen molar-refractivity contribution in [3.8, 4) is 16.9 Å². The lowest BCUT2D eigenvalue weighted by molar-refractivity contribution is 0.112. The van der Waals surface area contributed by atoms with Gasteiger partial charge in [-0.15, -0.1) is 0 Å². The monoisotopic (exact) mass is 336 g/mol. The molecule has 2 aromatic carbocycles. The highest BCUT2D eigenvalue weighted by Gasteiger charge is 2.19. The smallest absolute Gasteiger partial charge is 0.160 e. The van der Waals surface area contributed by atoms with Gasteiger partial charge in [-0.05, 0) is 36.4 Å². The molecule has 0 aliphatic heterocycles. The summed E-state index contributed by atoms with van der Waals surface area (Å²) >= 11 is 6.12. The highest BCUT2D eigenvalue weighted by atomic mass is 35.5. The van der Waals surface area contributed by atoms with E-state index in [1.807, 2.05) is 0 Å². The molecule has 0 aliphatic rings. The maximum Gasteiger partial charge on any atom is 0.160 e. The predicted molar refractivity (Wildman–Crippen MR) is 79.3 cm³/mol. The molecule has 23 heavy (non-hydrogen) atoms. The fourth-order valence-corrected chi connectivity index (χ4v) is 2.39. The largest absolute Gasteiger partial charge is 0.298 e. The standard InChI is InChI=1S/C16H8ClF3N2O/c17-16-12(8-23)15(9-1-3-10(18)4-2-9)21-22(16)11-5-6-13(19)14(20)7-11/h1-8H. The Morgan fingerprint density at radius 3 is 2.30 bits per heavy atom. The molecule has 7 heteroatoms. The number of hydrogen-bond acceptors (Lipinski definition) is 2. The SMILES string of the molecule is O=Cc1c(-c2ccc(F)cc2)nn(-c2ccc(F)c(F)c2)c1Cl. The number of rotatable bonds is 3. The molecule has 0 atom stereocenters. The average Bonchev–Trinajstić information content (AvgIpc) is 2.87. The third kappa shape index (κ3) is 2.73. The van der Waals surface area contributed by atoms with Crippen LogP contribution in [-0.4, -0.2) is 16.1 Å². The Morgan fingerprint density at radius 2 is 1.70 bits per heavy atom. The molecule has 0 spiro atoms. The van der Waals surface area contributed by atoms with Crippen LogP contribution in [0.15, 0.2) is 42.5 Å². The second kappa shape index (κ2) is 5.89. The Bertz CT molecular complexity index is 891. The molecule has 0 N–H and O–H groups in total. The number of hydrogen-bond donors (Lipinski definition) is 0. The maximum atomic E-state index is 13.4. The fraction of sp³-hybridized carbons (Fsp3) is 0. The zero-order valence-corrected chi connectivity index (χ0v) is 12.2. The van der Waals surface area contributed by atoms with E-state index in [4.69, 9.17) is 11.6 Å². The van der Waals surface area contributed by atoms with Gasteiger partial charge in [0.2, 0.25) is 0 Å². The van der Waals surface area contributed by atoms with Crippen molar-refractivity contribution in [3.05, 3.63) is 70.6 Å². The van der Waals surface area contributed by atoms with Crippen molar-refractivity contribution in [1.82, 2.24) is 9.78 Å². The number of nitrogens with zero attached hydrogens (tertiary/aromatic N) is 2. The van der Waals surface area contributed by atoms with Crippen LogP contribution < -0.4 is 0 Å². The lowest BCUT2D eigenvalue weighted by atomic mass is 10.1. The van der Waals surface area contributed by atoms with Crippen molar-refractivity contribution in [2.75, 3.05) is 0 Å². The molecular formula is C16H8ClF3N2O. The predicted octanol–water partition coefficient (Wildman–Crippen LogP) is 4.42. The van der Waals surface area contributed by atoms with Gasteiger partial charge in [-0.2, -0.15) is 5.10 Å². The minimum Gasteiger partial charge on any atom is -0.298 e. The molecule has 0 unspecified atom stereocenters. The van der Waals surface area contributed by atoms with E-state index in [1.54, 1.807) is 0 Å². The second-order valence-corrected chi connectivity index (χ2v) is 5.05. The lowest BCUT2D eigenvalue weighted by Crippen LogP contribution is -1.98. The molecular weight excluding hydrogens is 329 g/mol. The molecule has 0 aliphatic carbocycles. The van der Waals surface area contributed by atoms with Gasteiger partial charge < -0.3 is 0 Å². The van der Waals surface area contributed by atoms with Crippen LogP contribution in [0.1, 0.15) is 10.4 Å². The Morgan fingerprint density at radius 1 is 1.00 bits per heavy atom. The second-order valence-electron chi connectivity index (χ2n) is 4.69. The van der Waals surface area contributed by atoms with Gasteiger partial charge in [-0.3, -0.25) is 4.79 Å². The summed E-state index contributed by atoms with van der Waals surface area (Å²) in [6, 6.07) is 8.44. The quantitative estimate of drug-likeness (QED) is 0.663. The van der Waals surface area contributed by atoms with Crippen molar-refractivity contribution in [2.45, 2.75) is 0 Å². The lowest BCUT2D eigenvalue weighted by Gasteiger charge is -2.03. The zero-order chi connectivity index (χ0) is 16.6. The summed E-state index contributed by atoms with van der Waals surface area (Å²) in [5.74, 6) is -2.51. The molecule has 0 radical (unpaired) electrons. The van der Waals surface area contributed by atoms with E-state index in [0.29, 0.717) is 11.8 Å². The normalized spacial score (nSPS) is 10.8. The van der Waals surface area contributed by atoms with Crippen LogP contribution >= 0.6 is 11.6 Å². The summed E-state index contributed by atoms with van der Waals surface area (Å²) in [5, 5.41) is 4.11. The third-order valence-corrected chi connectivity index (χ3v) is 3.61. The van der Waals surface area contributed by atoms with E-state index in [-0.39, 0.29) is 22.1 Å². The van der Waals surface area contributed by atoms with Gasteiger partial charge >= 0.3 is 0 Å². The van der Waals surface area contributed by atoms with E-state index < -0.39 is 17.5 Å². The highest BCUT2D eigenvalue weighted by molar-refractivity contribution is 6.32. The van der Waals surface area contributed by atoms with Crippen molar-refractivity contribution in [2.24, 2.45) is 0 Å². The van der Waals surface area contributed by atoms with Crippen LogP contribution in [0, 0.1) is 17.5 Å². The minimum absolute atomic E-state index is 0.0506. The molecule has 3 aromatic rings. The van der Waals surface area contributed by atoms with Crippen molar-refractivity contribution in [3.63, 3.8) is 0 Å². The van der Waals surface area contributed by atoms with Crippen LogP contribution in [0.3, 0.4) is 0 Å². The summed E-state index contributed by atoms with van der Waals surface area (Å²) in [6.45, 7) is 0. The summed E-state index contributed by atoms with van der Waals surface area (Å²) < 4.78 is 40.6. The summed E-state index contributed by atoms with van der Waals surface area (Å²) in [6.07, 6.45) is 0.504. The molecule has 3 rings (SSSR count). The first-order chi connectivity index (χ1) is 11.0. The summed E-state index contributed by atoms with van der Waals surface area (Å²) in [4.78, 5) is 11.3. The molecule has 1 aromatic heterocycles. The van der Waals surface area contributed by atoms with Crippen LogP contribution in [0.5, 0.6) is 0 Å². The van der Waals surface area contributed by atoms with Gasteiger partial charge in [-0.1, -0.05) is 11.6 Å². The van der Waals surface area contributed by atoms with Gasteiger partial charge in [0.15, 0.2) is 17.9 Å². The summed E-state index contributed by atoms with van der Waals surface area (Å²) in [7, 11) is 0. The Labute approximate surface area is 133 Å². The fourth-order valence-electron chi connectivity index (χ4n) is 2.12. The van der Waals surface area contributed by atoms with Gasteiger partial charge in [0, 0.05) is 11.6 Å². The Balaban J connectivity index is 2.18. The van der Waals surface area contributed by atoms with Crippen LogP contribution in [0.25, 0.3) is 16.9 Å². The first kappa shape index (κ1) is 15.3. The van der Waals surface area contributed by atoms with E-state index >= 15 is 0 Å². The number of halogens is 4. The molecule has 3 nitrogen and oxygen atoms in total. The first-order valence-electron chi connectivity index (χ1n) is 6.46. The van der Waals surface area contributed by atoms with E-state index in [1.165, 1.54) is 30.3 Å². The van der Waals surface area contributed by atoms with Crippen molar-refractivity contribution in [1.29, 1.82) is 0 Å². The Hall–Kier alpha value is -2.60. The van der Waals surface area contributed by atoms with E-state index in [0.717, 1.165) is 16.8 Å². The maximum absolute atomic E-state index is 13.4. The number of aldehydes is 1. The molecule has 0 amide bonds. The summed E-state index contributed by atoms with van der Waals surface area (Å²) in [5.41, 5.74) is 0.917. The number of aromatic nitrogens is 2. The van der Waals surface area contributed by atoms with E-state index in [2.05, 4.69) is 5.10 Å². The van der Waals surface area contributed by atoms with Crippen molar-refractivity contribution >= 4 is 17.9 Å². The van der Waals surface area contributed by atoms with Gasteiger partial charge in [0.1, 0.15) is 16.7 Å². The zero-order valence-electron chi connectivity index (χ0n) is 11.4. The number of benzene rings is 2. The Kier molecular flexibility index (Phi) is 3.92. The number of carbonyl (C=O) groups is 1. The highest BCUT2D eigenvalue weighted by Crippen LogP contribution is 2.30. The molecule has 1 heterocycles. The average molecular weight is 337 g/mol. The van der Waals surface area contributed by atoms with Crippen molar-refractivity contribution < 1.29 is 18.0 Å². The van der Waals surface area contributed by atoms with E-state index in [9.17, 15) is 18.0 Å². The van der Waals surface area contributed by atoms with Crippen LogP contribution in [0.2, 0.25) is 5.15 Å².